The van der Waals surface area contributed by atoms with Gasteiger partial charge in [-0.1, -0.05) is 12.1 Å². The molecule has 0 amide bonds. The molecule has 1 aromatic heterocycles. The van der Waals surface area contributed by atoms with Crippen LogP contribution in [0.1, 0.15) is 35.7 Å². The number of likely N-dealkylation sites (tertiary alicyclic amines) is 1. The van der Waals surface area contributed by atoms with E-state index in [2.05, 4.69) is 47.1 Å². The maximum absolute atomic E-state index is 5.99. The minimum absolute atomic E-state index is 0.324. The molecule has 1 atom stereocenters. The van der Waals surface area contributed by atoms with Crippen LogP contribution in [0.2, 0.25) is 0 Å². The van der Waals surface area contributed by atoms with Crippen molar-refractivity contribution in [2.75, 3.05) is 25.4 Å². The lowest BCUT2D eigenvalue weighted by Crippen LogP contribution is -2.28. The fourth-order valence-electron chi connectivity index (χ4n) is 3.10. The van der Waals surface area contributed by atoms with E-state index in [4.69, 9.17) is 10.5 Å². The minimum Gasteiger partial charge on any atom is -0.492 e. The number of benzene rings is 1. The quantitative estimate of drug-likeness (QED) is 0.919. The third-order valence-electron chi connectivity index (χ3n) is 4.39. The Morgan fingerprint density at radius 1 is 1.22 bits per heavy atom. The summed E-state index contributed by atoms with van der Waals surface area (Å²) in [6.07, 6.45) is 2.29. The number of hydrogen-bond donors (Lipinski definition) is 1. The SMILES string of the molecule is Cc1ccc(C)c(OCCN2CCCC2c2ccc(N)nn2)c1. The van der Waals surface area contributed by atoms with Crippen LogP contribution in [0.15, 0.2) is 30.3 Å². The molecule has 2 N–H and O–H groups in total. The average molecular weight is 312 g/mol. The molecular formula is C18H24N4O. The van der Waals surface area contributed by atoms with Crippen molar-refractivity contribution in [1.82, 2.24) is 15.1 Å². The van der Waals surface area contributed by atoms with Gasteiger partial charge in [-0.25, -0.2) is 0 Å². The van der Waals surface area contributed by atoms with Crippen LogP contribution >= 0.6 is 0 Å². The zero-order valence-corrected chi connectivity index (χ0v) is 13.8. The van der Waals surface area contributed by atoms with E-state index in [-0.39, 0.29) is 0 Å². The monoisotopic (exact) mass is 312 g/mol. The van der Waals surface area contributed by atoms with Crippen LogP contribution < -0.4 is 10.5 Å². The number of aryl methyl sites for hydroxylation is 2. The highest BCUT2D eigenvalue weighted by atomic mass is 16.5. The highest BCUT2D eigenvalue weighted by Gasteiger charge is 2.27. The normalized spacial score (nSPS) is 18.3. The van der Waals surface area contributed by atoms with Gasteiger partial charge in [-0.3, -0.25) is 4.90 Å². The van der Waals surface area contributed by atoms with Crippen molar-refractivity contribution in [3.8, 4) is 5.75 Å². The van der Waals surface area contributed by atoms with Crippen molar-refractivity contribution in [3.05, 3.63) is 47.2 Å². The zero-order chi connectivity index (χ0) is 16.2. The third-order valence-corrected chi connectivity index (χ3v) is 4.39. The smallest absolute Gasteiger partial charge is 0.146 e. The predicted octanol–water partition coefficient (Wildman–Crippen LogP) is 2.89. The van der Waals surface area contributed by atoms with Gasteiger partial charge in [0.1, 0.15) is 18.2 Å². The molecule has 122 valence electrons. The van der Waals surface area contributed by atoms with E-state index in [1.54, 1.807) is 0 Å². The largest absolute Gasteiger partial charge is 0.492 e. The Hall–Kier alpha value is -2.14. The van der Waals surface area contributed by atoms with E-state index in [1.165, 1.54) is 17.5 Å². The molecule has 0 aliphatic carbocycles. The first-order valence-electron chi connectivity index (χ1n) is 8.16. The minimum atomic E-state index is 0.324. The summed E-state index contributed by atoms with van der Waals surface area (Å²) in [5.74, 6) is 1.45. The number of rotatable bonds is 5. The second kappa shape index (κ2) is 6.96. The highest BCUT2D eigenvalue weighted by Crippen LogP contribution is 2.30. The van der Waals surface area contributed by atoms with Crippen LogP contribution in [-0.4, -0.2) is 34.8 Å². The first-order valence-corrected chi connectivity index (χ1v) is 8.16. The van der Waals surface area contributed by atoms with Crippen molar-refractivity contribution in [1.29, 1.82) is 0 Å². The molecule has 1 aliphatic rings. The number of hydrogen-bond acceptors (Lipinski definition) is 5. The summed E-state index contributed by atoms with van der Waals surface area (Å²) in [6, 6.07) is 10.4. The van der Waals surface area contributed by atoms with Crippen molar-refractivity contribution >= 4 is 5.82 Å². The summed E-state index contributed by atoms with van der Waals surface area (Å²) < 4.78 is 5.99. The molecule has 5 nitrogen and oxygen atoms in total. The van der Waals surface area contributed by atoms with Crippen LogP contribution in [0.3, 0.4) is 0 Å². The lowest BCUT2D eigenvalue weighted by Gasteiger charge is -2.23. The van der Waals surface area contributed by atoms with Gasteiger partial charge in [0.15, 0.2) is 0 Å². The summed E-state index contributed by atoms with van der Waals surface area (Å²) >= 11 is 0. The Morgan fingerprint density at radius 2 is 2.09 bits per heavy atom. The lowest BCUT2D eigenvalue weighted by molar-refractivity contribution is 0.194. The molecule has 5 heteroatoms. The summed E-state index contributed by atoms with van der Waals surface area (Å²) in [7, 11) is 0. The van der Waals surface area contributed by atoms with Crippen LogP contribution in [-0.2, 0) is 0 Å². The molecule has 1 aromatic carbocycles. The van der Waals surface area contributed by atoms with Gasteiger partial charge in [0.05, 0.1) is 11.7 Å². The van der Waals surface area contributed by atoms with Gasteiger partial charge >= 0.3 is 0 Å². The summed E-state index contributed by atoms with van der Waals surface area (Å²) in [6.45, 7) is 6.82. The van der Waals surface area contributed by atoms with Crippen molar-refractivity contribution < 1.29 is 4.74 Å². The molecule has 2 aromatic rings. The fourth-order valence-corrected chi connectivity index (χ4v) is 3.10. The molecule has 1 fully saturated rings. The molecule has 3 rings (SSSR count). The molecule has 0 saturated carbocycles. The lowest BCUT2D eigenvalue weighted by atomic mass is 10.1. The van der Waals surface area contributed by atoms with Crippen molar-refractivity contribution in [2.24, 2.45) is 0 Å². The summed E-state index contributed by atoms with van der Waals surface area (Å²) in [5.41, 5.74) is 9.03. The topological polar surface area (TPSA) is 64.3 Å². The van der Waals surface area contributed by atoms with E-state index >= 15 is 0 Å². The van der Waals surface area contributed by atoms with Crippen molar-refractivity contribution in [2.45, 2.75) is 32.7 Å². The summed E-state index contributed by atoms with van der Waals surface area (Å²) in [4.78, 5) is 2.42. The molecule has 1 aliphatic heterocycles. The zero-order valence-electron chi connectivity index (χ0n) is 13.8. The van der Waals surface area contributed by atoms with E-state index in [9.17, 15) is 0 Å². The van der Waals surface area contributed by atoms with Crippen LogP contribution in [0.25, 0.3) is 0 Å². The molecule has 1 unspecified atom stereocenters. The van der Waals surface area contributed by atoms with Gasteiger partial charge in [0.2, 0.25) is 0 Å². The Bertz CT molecular complexity index is 657. The van der Waals surface area contributed by atoms with Crippen LogP contribution in [0.5, 0.6) is 5.75 Å². The first-order chi connectivity index (χ1) is 11.1. The molecular weight excluding hydrogens is 288 g/mol. The van der Waals surface area contributed by atoms with Gasteiger partial charge in [0, 0.05) is 6.54 Å². The Labute approximate surface area is 137 Å². The maximum atomic E-state index is 5.99. The fraction of sp³-hybridized carbons (Fsp3) is 0.444. The molecule has 23 heavy (non-hydrogen) atoms. The number of aromatic nitrogens is 2. The first kappa shape index (κ1) is 15.7. The van der Waals surface area contributed by atoms with Crippen LogP contribution in [0, 0.1) is 13.8 Å². The van der Waals surface area contributed by atoms with Gasteiger partial charge in [-0.05, 0) is 62.6 Å². The number of nitrogen functional groups attached to an aromatic ring is 1. The molecule has 0 radical (unpaired) electrons. The highest BCUT2D eigenvalue weighted by molar-refractivity contribution is 5.36. The molecule has 2 heterocycles. The van der Waals surface area contributed by atoms with Gasteiger partial charge in [-0.15, -0.1) is 5.10 Å². The number of nitrogens with zero attached hydrogens (tertiary/aromatic N) is 3. The number of anilines is 1. The maximum Gasteiger partial charge on any atom is 0.146 e. The number of nitrogens with two attached hydrogens (primary N) is 1. The predicted molar refractivity (Wildman–Crippen MR) is 91.4 cm³/mol. The third kappa shape index (κ3) is 3.79. The molecule has 0 bridgehead atoms. The second-order valence-corrected chi connectivity index (χ2v) is 6.19. The average Bonchev–Trinajstić information content (AvgIpc) is 3.00. The van der Waals surface area contributed by atoms with E-state index in [0.29, 0.717) is 18.5 Å². The van der Waals surface area contributed by atoms with Gasteiger partial charge in [-0.2, -0.15) is 5.10 Å². The van der Waals surface area contributed by atoms with Gasteiger partial charge < -0.3 is 10.5 Å². The van der Waals surface area contributed by atoms with Gasteiger partial charge in [0.25, 0.3) is 0 Å². The second-order valence-electron chi connectivity index (χ2n) is 6.19. The molecule has 1 saturated heterocycles. The number of ether oxygens (including phenoxy) is 1. The Morgan fingerprint density at radius 3 is 2.87 bits per heavy atom. The van der Waals surface area contributed by atoms with E-state index in [1.807, 2.05) is 12.1 Å². The van der Waals surface area contributed by atoms with E-state index in [0.717, 1.165) is 31.0 Å². The van der Waals surface area contributed by atoms with E-state index < -0.39 is 0 Å². The Balaban J connectivity index is 1.59. The molecule has 0 spiro atoms. The van der Waals surface area contributed by atoms with Crippen LogP contribution in [0.4, 0.5) is 5.82 Å². The Kier molecular flexibility index (Phi) is 4.76. The standard InChI is InChI=1S/C18H24N4O/c1-13-5-6-14(2)17(12-13)23-11-10-22-9-3-4-16(22)15-7-8-18(19)21-20-15/h5-8,12,16H,3-4,9-11H2,1-2H3,(H2,19,21). The van der Waals surface area contributed by atoms with Crippen molar-refractivity contribution in [3.63, 3.8) is 0 Å². The summed E-state index contributed by atoms with van der Waals surface area (Å²) in [5, 5.41) is 8.22.